The monoisotopic (exact) mass is 378 g/mol. The highest BCUT2D eigenvalue weighted by Crippen LogP contribution is 2.38. The summed E-state index contributed by atoms with van der Waals surface area (Å²) in [5, 5.41) is 6.42. The number of benzene rings is 3. The zero-order valence-electron chi connectivity index (χ0n) is 15.5. The van der Waals surface area contributed by atoms with Crippen LogP contribution in [0.25, 0.3) is 0 Å². The molecule has 1 unspecified atom stereocenters. The second kappa shape index (κ2) is 7.80. The van der Waals surface area contributed by atoms with E-state index < -0.39 is 0 Å². The van der Waals surface area contributed by atoms with Crippen molar-refractivity contribution >= 4 is 11.4 Å². The minimum Gasteiger partial charge on any atom is -0.494 e. The van der Waals surface area contributed by atoms with Crippen LogP contribution in [0.5, 0.6) is 5.75 Å². The van der Waals surface area contributed by atoms with Gasteiger partial charge in [-0.3, -0.25) is 5.01 Å². The van der Waals surface area contributed by atoms with Crippen molar-refractivity contribution in [1.29, 1.82) is 0 Å². The van der Waals surface area contributed by atoms with Gasteiger partial charge in [0.2, 0.25) is 0 Å². The summed E-state index contributed by atoms with van der Waals surface area (Å²) in [6.45, 7) is 2.54. The van der Waals surface area contributed by atoms with Gasteiger partial charge in [-0.1, -0.05) is 24.3 Å². The average molecular weight is 378 g/mol. The number of rotatable bonds is 5. The number of hydrogen-bond acceptors (Lipinski definition) is 3. The Kier molecular flexibility index (Phi) is 5.06. The second-order valence-corrected chi connectivity index (χ2v) is 6.57. The summed E-state index contributed by atoms with van der Waals surface area (Å²) in [5.41, 5.74) is 2.88. The number of hydrazone groups is 1. The van der Waals surface area contributed by atoms with Crippen LogP contribution in [0, 0.1) is 11.6 Å². The van der Waals surface area contributed by atoms with E-state index in [2.05, 4.69) is 0 Å². The molecule has 3 aromatic rings. The van der Waals surface area contributed by atoms with E-state index in [1.54, 1.807) is 35.3 Å². The molecular weight excluding hydrogens is 358 g/mol. The van der Waals surface area contributed by atoms with Gasteiger partial charge in [-0.2, -0.15) is 5.10 Å². The van der Waals surface area contributed by atoms with E-state index in [1.165, 1.54) is 18.2 Å². The fraction of sp³-hybridized carbons (Fsp3) is 0.174. The molecule has 0 fully saturated rings. The molecule has 0 radical (unpaired) electrons. The molecule has 4 rings (SSSR count). The quantitative estimate of drug-likeness (QED) is 0.567. The fourth-order valence-electron chi connectivity index (χ4n) is 3.44. The van der Waals surface area contributed by atoms with Crippen molar-refractivity contribution in [2.24, 2.45) is 5.10 Å². The SMILES string of the molecule is CCOc1ccc(C2=NN(c3cccc(F)c3)C(c3ccccc3F)C2)cc1. The molecule has 0 amide bonds. The molecule has 3 aromatic carbocycles. The lowest BCUT2D eigenvalue weighted by atomic mass is 9.97. The Bertz CT molecular complexity index is 1000. The molecular formula is C23H20F2N2O. The number of ether oxygens (including phenoxy) is 1. The van der Waals surface area contributed by atoms with Crippen LogP contribution in [0.4, 0.5) is 14.5 Å². The Labute approximate surface area is 162 Å². The summed E-state index contributed by atoms with van der Waals surface area (Å²) in [6, 6.07) is 20.2. The predicted octanol–water partition coefficient (Wildman–Crippen LogP) is 5.72. The Hall–Kier alpha value is -3.21. The highest BCUT2D eigenvalue weighted by Gasteiger charge is 2.31. The van der Waals surface area contributed by atoms with Crippen LogP contribution in [0.3, 0.4) is 0 Å². The third kappa shape index (κ3) is 3.60. The first-order chi connectivity index (χ1) is 13.7. The summed E-state index contributed by atoms with van der Waals surface area (Å²) in [4.78, 5) is 0. The number of anilines is 1. The van der Waals surface area contributed by atoms with Crippen LogP contribution in [-0.2, 0) is 0 Å². The van der Waals surface area contributed by atoms with Crippen molar-refractivity contribution in [1.82, 2.24) is 0 Å². The number of nitrogens with zero attached hydrogens (tertiary/aromatic N) is 2. The molecule has 0 saturated heterocycles. The van der Waals surface area contributed by atoms with Crippen molar-refractivity contribution < 1.29 is 13.5 Å². The minimum atomic E-state index is -0.352. The molecule has 142 valence electrons. The molecule has 1 heterocycles. The number of hydrogen-bond donors (Lipinski definition) is 0. The summed E-state index contributed by atoms with van der Waals surface area (Å²) in [5.74, 6) is 0.143. The van der Waals surface area contributed by atoms with Crippen molar-refractivity contribution in [2.75, 3.05) is 11.6 Å². The summed E-state index contributed by atoms with van der Waals surface area (Å²) >= 11 is 0. The second-order valence-electron chi connectivity index (χ2n) is 6.57. The van der Waals surface area contributed by atoms with Gasteiger partial charge in [-0.25, -0.2) is 8.78 Å². The molecule has 5 heteroatoms. The first-order valence-electron chi connectivity index (χ1n) is 9.25. The molecule has 1 atom stereocenters. The largest absolute Gasteiger partial charge is 0.494 e. The number of halogens is 2. The summed E-state index contributed by atoms with van der Waals surface area (Å²) in [6.07, 6.45) is 0.519. The van der Waals surface area contributed by atoms with Gasteiger partial charge in [-0.15, -0.1) is 0 Å². The van der Waals surface area contributed by atoms with Crippen LogP contribution < -0.4 is 9.75 Å². The fourth-order valence-corrected chi connectivity index (χ4v) is 3.44. The first kappa shape index (κ1) is 18.2. The molecule has 1 aliphatic rings. The molecule has 0 spiro atoms. The maximum atomic E-state index is 14.5. The van der Waals surface area contributed by atoms with Crippen LogP contribution in [-0.4, -0.2) is 12.3 Å². The van der Waals surface area contributed by atoms with E-state index in [9.17, 15) is 8.78 Å². The van der Waals surface area contributed by atoms with Gasteiger partial charge in [0.25, 0.3) is 0 Å². The Morgan fingerprint density at radius 3 is 2.50 bits per heavy atom. The maximum absolute atomic E-state index is 14.5. The van der Waals surface area contributed by atoms with Crippen LogP contribution >= 0.6 is 0 Å². The standard InChI is InChI=1S/C23H20F2N2O/c1-2-28-19-12-10-16(11-13-19)22-15-23(20-8-3-4-9-21(20)25)27(26-22)18-7-5-6-17(24)14-18/h3-14,23H,2,15H2,1H3. The summed E-state index contributed by atoms with van der Waals surface area (Å²) in [7, 11) is 0. The maximum Gasteiger partial charge on any atom is 0.128 e. The lowest BCUT2D eigenvalue weighted by Gasteiger charge is -2.24. The van der Waals surface area contributed by atoms with Crippen LogP contribution in [0.1, 0.15) is 30.5 Å². The zero-order valence-corrected chi connectivity index (χ0v) is 15.5. The van der Waals surface area contributed by atoms with Crippen LogP contribution in [0.2, 0.25) is 0 Å². The highest BCUT2D eigenvalue weighted by atomic mass is 19.1. The molecule has 0 aromatic heterocycles. The molecule has 0 saturated carbocycles. The van der Waals surface area contributed by atoms with E-state index in [0.29, 0.717) is 24.3 Å². The van der Waals surface area contributed by atoms with Gasteiger partial charge >= 0.3 is 0 Å². The predicted molar refractivity (Wildman–Crippen MR) is 107 cm³/mol. The smallest absolute Gasteiger partial charge is 0.128 e. The lowest BCUT2D eigenvalue weighted by molar-refractivity contribution is 0.340. The van der Waals surface area contributed by atoms with E-state index in [0.717, 1.165) is 17.0 Å². The third-order valence-electron chi connectivity index (χ3n) is 4.75. The Morgan fingerprint density at radius 1 is 1.00 bits per heavy atom. The Balaban J connectivity index is 1.72. The van der Waals surface area contributed by atoms with Crippen molar-refractivity contribution in [3.05, 3.63) is 95.6 Å². The minimum absolute atomic E-state index is 0.294. The molecule has 3 nitrogen and oxygen atoms in total. The summed E-state index contributed by atoms with van der Waals surface area (Å²) < 4.78 is 33.8. The van der Waals surface area contributed by atoms with E-state index >= 15 is 0 Å². The normalized spacial score (nSPS) is 16.2. The molecule has 28 heavy (non-hydrogen) atoms. The van der Waals surface area contributed by atoms with Gasteiger partial charge in [-0.05, 0) is 61.0 Å². The molecule has 1 aliphatic heterocycles. The van der Waals surface area contributed by atoms with E-state index in [-0.39, 0.29) is 17.7 Å². The van der Waals surface area contributed by atoms with Crippen molar-refractivity contribution in [3.63, 3.8) is 0 Å². The molecule has 0 aliphatic carbocycles. The van der Waals surface area contributed by atoms with Crippen molar-refractivity contribution in [3.8, 4) is 5.75 Å². The zero-order chi connectivity index (χ0) is 19.5. The van der Waals surface area contributed by atoms with Gasteiger partial charge in [0.05, 0.1) is 24.0 Å². The lowest BCUT2D eigenvalue weighted by Crippen LogP contribution is -2.19. The average Bonchev–Trinajstić information content (AvgIpc) is 3.14. The van der Waals surface area contributed by atoms with Crippen molar-refractivity contribution in [2.45, 2.75) is 19.4 Å². The Morgan fingerprint density at radius 2 is 1.79 bits per heavy atom. The topological polar surface area (TPSA) is 24.8 Å². The van der Waals surface area contributed by atoms with Gasteiger partial charge in [0, 0.05) is 12.0 Å². The third-order valence-corrected chi connectivity index (χ3v) is 4.75. The molecule has 0 N–H and O–H groups in total. The van der Waals surface area contributed by atoms with Gasteiger partial charge < -0.3 is 4.74 Å². The first-order valence-corrected chi connectivity index (χ1v) is 9.25. The van der Waals surface area contributed by atoms with Crippen LogP contribution in [0.15, 0.2) is 77.9 Å². The van der Waals surface area contributed by atoms with Gasteiger partial charge in [0.15, 0.2) is 0 Å². The van der Waals surface area contributed by atoms with Gasteiger partial charge in [0.1, 0.15) is 17.4 Å². The van der Waals surface area contributed by atoms with E-state index in [1.807, 2.05) is 31.2 Å². The molecule has 0 bridgehead atoms. The highest BCUT2D eigenvalue weighted by molar-refractivity contribution is 6.03. The van der Waals surface area contributed by atoms with E-state index in [4.69, 9.17) is 9.84 Å².